The van der Waals surface area contributed by atoms with Gasteiger partial charge in [0, 0.05) is 10.0 Å². The number of benzene rings is 2. The average Bonchev–Trinajstić information content (AvgIpc) is 2.41. The van der Waals surface area contributed by atoms with Gasteiger partial charge in [-0.2, -0.15) is 0 Å². The first-order chi connectivity index (χ1) is 9.87. The van der Waals surface area contributed by atoms with Gasteiger partial charge >= 0.3 is 0 Å². The number of carbonyl (C=O) groups is 1. The van der Waals surface area contributed by atoms with Gasteiger partial charge in [-0.05, 0) is 44.0 Å². The largest absolute Gasteiger partial charge is 0.347 e. The molecule has 0 fully saturated rings. The molecule has 0 saturated heterocycles. The maximum absolute atomic E-state index is 12.4. The third-order valence-electron chi connectivity index (χ3n) is 3.11. The first-order valence-corrected chi connectivity index (χ1v) is 7.86. The summed E-state index contributed by atoms with van der Waals surface area (Å²) >= 11 is 9.46. The zero-order valence-corrected chi connectivity index (χ0v) is 14.3. The van der Waals surface area contributed by atoms with Crippen molar-refractivity contribution in [1.29, 1.82) is 0 Å². The van der Waals surface area contributed by atoms with Gasteiger partial charge in [-0.25, -0.2) is 0 Å². The van der Waals surface area contributed by atoms with Gasteiger partial charge in [0.05, 0.1) is 10.6 Å². The molecule has 0 radical (unpaired) electrons. The number of halogens is 2. The SMILES string of the molecule is CC(C)(Cc1ccccc1)NC(=O)c1cc(Br)ccc1Cl. The molecular weight excluding hydrogens is 350 g/mol. The molecule has 0 heterocycles. The van der Waals surface area contributed by atoms with E-state index < -0.39 is 0 Å². The van der Waals surface area contributed by atoms with Crippen LogP contribution in [0.25, 0.3) is 0 Å². The maximum Gasteiger partial charge on any atom is 0.253 e. The third kappa shape index (κ3) is 4.58. The Bertz CT molecular complexity index is 640. The van der Waals surface area contributed by atoms with Crippen LogP contribution in [0.4, 0.5) is 0 Å². The lowest BCUT2D eigenvalue weighted by molar-refractivity contribution is 0.0913. The van der Waals surface area contributed by atoms with Crippen LogP contribution in [0, 0.1) is 0 Å². The quantitative estimate of drug-likeness (QED) is 0.823. The zero-order chi connectivity index (χ0) is 15.5. The lowest BCUT2D eigenvalue weighted by Gasteiger charge is -2.26. The lowest BCUT2D eigenvalue weighted by Crippen LogP contribution is -2.45. The van der Waals surface area contributed by atoms with E-state index >= 15 is 0 Å². The summed E-state index contributed by atoms with van der Waals surface area (Å²) in [4.78, 5) is 12.4. The van der Waals surface area contributed by atoms with Gasteiger partial charge in [0.25, 0.3) is 5.91 Å². The fraction of sp³-hybridized carbons (Fsp3) is 0.235. The van der Waals surface area contributed by atoms with E-state index in [1.54, 1.807) is 12.1 Å². The molecule has 2 nitrogen and oxygen atoms in total. The molecule has 0 atom stereocenters. The standard InChI is InChI=1S/C17H17BrClNO/c1-17(2,11-12-6-4-3-5-7-12)20-16(21)14-10-13(18)8-9-15(14)19/h3-10H,11H2,1-2H3,(H,20,21). The molecule has 2 aromatic rings. The topological polar surface area (TPSA) is 29.1 Å². The first kappa shape index (κ1) is 16.1. The fourth-order valence-electron chi connectivity index (χ4n) is 2.20. The Morgan fingerprint density at radius 3 is 2.52 bits per heavy atom. The van der Waals surface area contributed by atoms with E-state index in [0.717, 1.165) is 10.9 Å². The van der Waals surface area contributed by atoms with E-state index in [1.165, 1.54) is 5.56 Å². The van der Waals surface area contributed by atoms with Crippen molar-refractivity contribution in [3.8, 4) is 0 Å². The number of nitrogens with one attached hydrogen (secondary N) is 1. The Labute approximate surface area is 138 Å². The van der Waals surface area contributed by atoms with Crippen LogP contribution in [0.5, 0.6) is 0 Å². The summed E-state index contributed by atoms with van der Waals surface area (Å²) in [5.41, 5.74) is 1.31. The predicted octanol–water partition coefficient (Wildman–Crippen LogP) is 4.85. The molecule has 110 valence electrons. The van der Waals surface area contributed by atoms with E-state index in [-0.39, 0.29) is 11.4 Å². The van der Waals surface area contributed by atoms with Gasteiger partial charge in [0.15, 0.2) is 0 Å². The molecular formula is C17H17BrClNO. The summed E-state index contributed by atoms with van der Waals surface area (Å²) in [7, 11) is 0. The fourth-order valence-corrected chi connectivity index (χ4v) is 2.76. The molecule has 21 heavy (non-hydrogen) atoms. The molecule has 0 spiro atoms. The zero-order valence-electron chi connectivity index (χ0n) is 12.0. The van der Waals surface area contributed by atoms with Crippen LogP contribution in [-0.2, 0) is 6.42 Å². The Morgan fingerprint density at radius 2 is 1.86 bits per heavy atom. The summed E-state index contributed by atoms with van der Waals surface area (Å²) in [6.45, 7) is 4.01. The van der Waals surface area contributed by atoms with E-state index in [9.17, 15) is 4.79 Å². The molecule has 1 N–H and O–H groups in total. The van der Waals surface area contributed by atoms with Crippen molar-refractivity contribution in [3.63, 3.8) is 0 Å². The van der Waals surface area contributed by atoms with Crippen molar-refractivity contribution < 1.29 is 4.79 Å². The third-order valence-corrected chi connectivity index (χ3v) is 3.94. The van der Waals surface area contributed by atoms with Crippen LogP contribution in [0.15, 0.2) is 53.0 Å². The number of carbonyl (C=O) groups excluding carboxylic acids is 1. The monoisotopic (exact) mass is 365 g/mol. The molecule has 0 aliphatic rings. The molecule has 0 aliphatic heterocycles. The molecule has 0 unspecified atom stereocenters. The van der Waals surface area contributed by atoms with E-state index in [1.807, 2.05) is 38.1 Å². The van der Waals surface area contributed by atoms with Gasteiger partial charge in [-0.3, -0.25) is 4.79 Å². The highest BCUT2D eigenvalue weighted by Crippen LogP contribution is 2.22. The highest BCUT2D eigenvalue weighted by atomic mass is 79.9. The highest BCUT2D eigenvalue weighted by Gasteiger charge is 2.23. The van der Waals surface area contributed by atoms with Crippen LogP contribution in [0.1, 0.15) is 29.8 Å². The van der Waals surface area contributed by atoms with Crippen LogP contribution in [0.2, 0.25) is 5.02 Å². The second-order valence-electron chi connectivity index (χ2n) is 5.62. The second kappa shape index (κ2) is 6.63. The Morgan fingerprint density at radius 1 is 1.19 bits per heavy atom. The van der Waals surface area contributed by atoms with Gasteiger partial charge in [0.1, 0.15) is 0 Å². The van der Waals surface area contributed by atoms with Crippen LogP contribution < -0.4 is 5.32 Å². The minimum Gasteiger partial charge on any atom is -0.347 e. The summed E-state index contributed by atoms with van der Waals surface area (Å²) in [5.74, 6) is -0.165. The number of hydrogen-bond donors (Lipinski definition) is 1. The van der Waals surface area contributed by atoms with E-state index in [4.69, 9.17) is 11.6 Å². The van der Waals surface area contributed by atoms with Crippen molar-refractivity contribution in [2.75, 3.05) is 0 Å². The molecule has 0 aliphatic carbocycles. The smallest absolute Gasteiger partial charge is 0.253 e. The molecule has 2 rings (SSSR count). The van der Waals surface area contributed by atoms with Gasteiger partial charge < -0.3 is 5.32 Å². The molecule has 0 bridgehead atoms. The second-order valence-corrected chi connectivity index (χ2v) is 6.95. The van der Waals surface area contributed by atoms with Crippen molar-refractivity contribution in [3.05, 3.63) is 69.2 Å². The molecule has 1 amide bonds. The van der Waals surface area contributed by atoms with Crippen LogP contribution in [-0.4, -0.2) is 11.4 Å². The van der Waals surface area contributed by atoms with Gasteiger partial charge in [-0.1, -0.05) is 57.9 Å². The van der Waals surface area contributed by atoms with E-state index in [0.29, 0.717) is 10.6 Å². The predicted molar refractivity (Wildman–Crippen MR) is 90.8 cm³/mol. The molecule has 0 saturated carbocycles. The number of rotatable bonds is 4. The normalized spacial score (nSPS) is 11.2. The minimum absolute atomic E-state index is 0.165. The first-order valence-electron chi connectivity index (χ1n) is 6.69. The summed E-state index contributed by atoms with van der Waals surface area (Å²) in [5, 5.41) is 3.50. The lowest BCUT2D eigenvalue weighted by atomic mass is 9.94. The number of hydrogen-bond acceptors (Lipinski definition) is 1. The maximum atomic E-state index is 12.4. The average molecular weight is 367 g/mol. The number of amides is 1. The van der Waals surface area contributed by atoms with Crippen LogP contribution in [0.3, 0.4) is 0 Å². The Balaban J connectivity index is 2.12. The summed E-state index contributed by atoms with van der Waals surface area (Å²) in [6.07, 6.45) is 0.755. The molecule has 4 heteroatoms. The van der Waals surface area contributed by atoms with E-state index in [2.05, 4.69) is 33.4 Å². The van der Waals surface area contributed by atoms with Crippen molar-refractivity contribution in [1.82, 2.24) is 5.32 Å². The summed E-state index contributed by atoms with van der Waals surface area (Å²) < 4.78 is 0.831. The van der Waals surface area contributed by atoms with Crippen molar-refractivity contribution >= 4 is 33.4 Å². The van der Waals surface area contributed by atoms with Crippen molar-refractivity contribution in [2.45, 2.75) is 25.8 Å². The molecule has 0 aromatic heterocycles. The highest BCUT2D eigenvalue weighted by molar-refractivity contribution is 9.10. The summed E-state index contributed by atoms with van der Waals surface area (Å²) in [6, 6.07) is 15.3. The minimum atomic E-state index is -0.357. The Hall–Kier alpha value is -1.32. The van der Waals surface area contributed by atoms with Crippen molar-refractivity contribution in [2.24, 2.45) is 0 Å². The Kier molecular flexibility index (Phi) is 5.07. The van der Waals surface area contributed by atoms with Gasteiger partial charge in [-0.15, -0.1) is 0 Å². The van der Waals surface area contributed by atoms with Crippen LogP contribution >= 0.6 is 27.5 Å². The molecule has 2 aromatic carbocycles. The van der Waals surface area contributed by atoms with Gasteiger partial charge in [0.2, 0.25) is 0 Å².